The predicted molar refractivity (Wildman–Crippen MR) is 77.2 cm³/mol. The molecule has 1 aromatic carbocycles. The van der Waals surface area contributed by atoms with E-state index in [0.29, 0.717) is 5.75 Å². The van der Waals surface area contributed by atoms with Crippen LogP contribution >= 0.6 is 0 Å². The van der Waals surface area contributed by atoms with Crippen LogP contribution in [0.15, 0.2) is 23.0 Å². The molecule has 3 nitrogen and oxygen atoms in total. The number of aromatic nitrogens is 1. The third-order valence-electron chi connectivity index (χ3n) is 4.09. The van der Waals surface area contributed by atoms with Gasteiger partial charge in [-0.3, -0.25) is 4.79 Å². The first-order valence-corrected chi connectivity index (χ1v) is 6.99. The second-order valence-corrected chi connectivity index (χ2v) is 5.87. The lowest BCUT2D eigenvalue weighted by atomic mass is 9.82. The van der Waals surface area contributed by atoms with Crippen molar-refractivity contribution in [2.45, 2.75) is 32.6 Å². The highest BCUT2D eigenvalue weighted by atomic mass is 19.3. The fourth-order valence-corrected chi connectivity index (χ4v) is 2.88. The van der Waals surface area contributed by atoms with Crippen molar-refractivity contribution in [1.82, 2.24) is 4.98 Å². The fraction of sp³-hybridized carbons (Fsp3) is 0.438. The van der Waals surface area contributed by atoms with Crippen LogP contribution in [0.1, 0.15) is 24.0 Å². The van der Waals surface area contributed by atoms with Crippen LogP contribution in [0.2, 0.25) is 0 Å². The topological polar surface area (TPSA) is 42.1 Å². The number of rotatable bonds is 3. The molecule has 1 saturated carbocycles. The van der Waals surface area contributed by atoms with Gasteiger partial charge in [0.15, 0.2) is 0 Å². The minimum Gasteiger partial charge on any atom is -0.493 e. The summed E-state index contributed by atoms with van der Waals surface area (Å²) < 4.78 is 31.3. The van der Waals surface area contributed by atoms with Gasteiger partial charge in [-0.05, 0) is 31.5 Å². The van der Waals surface area contributed by atoms with Crippen LogP contribution in [0.4, 0.5) is 8.78 Å². The number of pyridine rings is 1. The van der Waals surface area contributed by atoms with E-state index in [0.717, 1.165) is 22.0 Å². The van der Waals surface area contributed by atoms with Gasteiger partial charge in [-0.2, -0.15) is 0 Å². The summed E-state index contributed by atoms with van der Waals surface area (Å²) in [6.45, 7) is 4.04. The number of benzene rings is 1. The summed E-state index contributed by atoms with van der Waals surface area (Å²) in [6, 6.07) is 5.27. The molecule has 1 fully saturated rings. The molecule has 2 aromatic rings. The highest BCUT2D eigenvalue weighted by Crippen LogP contribution is 2.42. The van der Waals surface area contributed by atoms with Gasteiger partial charge in [0.1, 0.15) is 5.75 Å². The van der Waals surface area contributed by atoms with Crippen molar-refractivity contribution < 1.29 is 13.5 Å². The minimum atomic E-state index is -2.52. The Balaban J connectivity index is 1.83. The molecule has 1 aliphatic carbocycles. The van der Waals surface area contributed by atoms with Crippen molar-refractivity contribution in [3.63, 3.8) is 0 Å². The van der Waals surface area contributed by atoms with E-state index >= 15 is 0 Å². The Hall–Kier alpha value is -1.91. The Morgan fingerprint density at radius 3 is 2.71 bits per heavy atom. The van der Waals surface area contributed by atoms with Crippen LogP contribution in [0.25, 0.3) is 10.9 Å². The molecule has 21 heavy (non-hydrogen) atoms. The fourth-order valence-electron chi connectivity index (χ4n) is 2.88. The molecule has 3 rings (SSSR count). The molecule has 0 amide bonds. The normalized spacial score (nSPS) is 17.7. The van der Waals surface area contributed by atoms with Crippen molar-refractivity contribution >= 4 is 10.9 Å². The number of H-pyrrole nitrogens is 1. The van der Waals surface area contributed by atoms with Gasteiger partial charge < -0.3 is 9.72 Å². The number of hydrogen-bond acceptors (Lipinski definition) is 2. The monoisotopic (exact) mass is 293 g/mol. The van der Waals surface area contributed by atoms with Crippen LogP contribution in [0.5, 0.6) is 5.75 Å². The SMILES string of the molecule is Cc1cc(=O)[nH]c2c(C)c(OCC3CC(F)(F)C3)ccc12. The molecule has 1 N–H and O–H groups in total. The first kappa shape index (κ1) is 14.0. The lowest BCUT2D eigenvalue weighted by Gasteiger charge is -2.34. The number of alkyl halides is 2. The summed E-state index contributed by atoms with van der Waals surface area (Å²) in [7, 11) is 0. The summed E-state index contributed by atoms with van der Waals surface area (Å²) in [6.07, 6.45) is -0.203. The van der Waals surface area contributed by atoms with Crippen LogP contribution in [0, 0.1) is 19.8 Å². The molecular weight excluding hydrogens is 276 g/mol. The maximum absolute atomic E-state index is 12.8. The maximum atomic E-state index is 12.8. The number of fused-ring (bicyclic) bond motifs is 1. The number of aromatic amines is 1. The summed E-state index contributed by atoms with van der Waals surface area (Å²) in [5, 5.41) is 0.967. The third kappa shape index (κ3) is 2.64. The maximum Gasteiger partial charge on any atom is 0.248 e. The molecule has 0 aliphatic heterocycles. The Bertz CT molecular complexity index is 744. The Labute approximate surface area is 120 Å². The molecular formula is C16H17F2NO2. The molecule has 5 heteroatoms. The number of hydrogen-bond donors (Lipinski definition) is 1. The summed E-state index contributed by atoms with van der Waals surface area (Å²) >= 11 is 0. The van der Waals surface area contributed by atoms with Crippen molar-refractivity contribution in [3.8, 4) is 5.75 Å². The molecule has 1 aliphatic rings. The van der Waals surface area contributed by atoms with Gasteiger partial charge in [-0.15, -0.1) is 0 Å². The molecule has 1 aromatic heterocycles. The molecule has 0 saturated heterocycles. The van der Waals surface area contributed by atoms with Gasteiger partial charge in [0.05, 0.1) is 12.1 Å². The summed E-state index contributed by atoms with van der Waals surface area (Å²) in [5.74, 6) is -1.97. The molecule has 1 heterocycles. The van der Waals surface area contributed by atoms with E-state index in [1.165, 1.54) is 0 Å². The molecule has 0 spiro atoms. The van der Waals surface area contributed by atoms with Gasteiger partial charge in [0.25, 0.3) is 0 Å². The van der Waals surface area contributed by atoms with E-state index in [1.807, 2.05) is 26.0 Å². The second-order valence-electron chi connectivity index (χ2n) is 5.87. The summed E-state index contributed by atoms with van der Waals surface area (Å²) in [4.78, 5) is 14.4. The van der Waals surface area contributed by atoms with Crippen molar-refractivity contribution in [3.05, 3.63) is 39.7 Å². The Morgan fingerprint density at radius 1 is 1.33 bits per heavy atom. The van der Waals surface area contributed by atoms with Gasteiger partial charge >= 0.3 is 0 Å². The zero-order chi connectivity index (χ0) is 15.2. The van der Waals surface area contributed by atoms with Crippen LogP contribution in [-0.2, 0) is 0 Å². The Morgan fingerprint density at radius 2 is 2.05 bits per heavy atom. The molecule has 112 valence electrons. The standard InChI is InChI=1S/C16H17F2NO2/c1-9-5-14(20)19-15-10(2)13(4-3-12(9)15)21-8-11-6-16(17,18)7-11/h3-5,11H,6-8H2,1-2H3,(H,19,20). The first-order valence-electron chi connectivity index (χ1n) is 6.99. The van der Waals surface area contributed by atoms with E-state index in [1.54, 1.807) is 6.07 Å². The highest BCUT2D eigenvalue weighted by Gasteiger charge is 2.45. The molecule has 0 radical (unpaired) electrons. The van der Waals surface area contributed by atoms with Crippen LogP contribution < -0.4 is 10.3 Å². The average molecular weight is 293 g/mol. The van der Waals surface area contributed by atoms with E-state index in [4.69, 9.17) is 4.74 Å². The first-order chi connectivity index (χ1) is 9.85. The number of aryl methyl sites for hydroxylation is 2. The van der Waals surface area contributed by atoms with Crippen molar-refractivity contribution in [2.75, 3.05) is 6.61 Å². The van der Waals surface area contributed by atoms with E-state index in [-0.39, 0.29) is 30.9 Å². The third-order valence-corrected chi connectivity index (χ3v) is 4.09. The van der Waals surface area contributed by atoms with E-state index in [2.05, 4.69) is 4.98 Å². The number of nitrogens with one attached hydrogen (secondary N) is 1. The van der Waals surface area contributed by atoms with Gasteiger partial charge in [0.2, 0.25) is 11.5 Å². The molecule has 0 bridgehead atoms. The second kappa shape index (κ2) is 4.83. The smallest absolute Gasteiger partial charge is 0.248 e. The minimum absolute atomic E-state index is 0.0911. The van der Waals surface area contributed by atoms with Gasteiger partial charge in [-0.25, -0.2) is 8.78 Å². The number of halogens is 2. The van der Waals surface area contributed by atoms with Crippen molar-refractivity contribution in [2.24, 2.45) is 5.92 Å². The van der Waals surface area contributed by atoms with E-state index in [9.17, 15) is 13.6 Å². The lowest BCUT2D eigenvalue weighted by Crippen LogP contribution is -2.38. The van der Waals surface area contributed by atoms with E-state index < -0.39 is 5.92 Å². The number of ether oxygens (including phenoxy) is 1. The quantitative estimate of drug-likeness (QED) is 0.940. The molecule has 0 unspecified atom stereocenters. The predicted octanol–water partition coefficient (Wildman–Crippen LogP) is 3.57. The zero-order valence-electron chi connectivity index (χ0n) is 12.0. The lowest BCUT2D eigenvalue weighted by molar-refractivity contribution is -0.119. The van der Waals surface area contributed by atoms with Gasteiger partial charge in [-0.1, -0.05) is 0 Å². The van der Waals surface area contributed by atoms with Crippen LogP contribution in [0.3, 0.4) is 0 Å². The zero-order valence-corrected chi connectivity index (χ0v) is 12.0. The summed E-state index contributed by atoms with van der Waals surface area (Å²) in [5.41, 5.74) is 2.33. The highest BCUT2D eigenvalue weighted by molar-refractivity contribution is 5.86. The average Bonchev–Trinajstić information content (AvgIpc) is 2.36. The Kier molecular flexibility index (Phi) is 3.23. The largest absolute Gasteiger partial charge is 0.493 e. The van der Waals surface area contributed by atoms with Gasteiger partial charge in [0, 0.05) is 35.8 Å². The van der Waals surface area contributed by atoms with Crippen molar-refractivity contribution in [1.29, 1.82) is 0 Å². The van der Waals surface area contributed by atoms with Crippen LogP contribution in [-0.4, -0.2) is 17.5 Å². The molecule has 0 atom stereocenters.